The highest BCUT2D eigenvalue weighted by Crippen LogP contribution is 2.26. The van der Waals surface area contributed by atoms with Crippen LogP contribution in [0.3, 0.4) is 0 Å². The Hall–Kier alpha value is -3.54. The zero-order valence-electron chi connectivity index (χ0n) is 19.4. The van der Waals surface area contributed by atoms with E-state index in [4.69, 9.17) is 0 Å². The standard InChI is InChI=1S/C22H25FN6O4S/c1-22(2,3)20-26-17-16(19(32)29(5)21(33)28(17)4)18(27-20)34-11-15(31)24-10-14(30)25-13-8-6-12(23)7-9-13/h6-9H,10-11H2,1-5H3,(H,24,31)(H,25,30). The van der Waals surface area contributed by atoms with E-state index in [2.05, 4.69) is 20.6 Å². The van der Waals surface area contributed by atoms with E-state index >= 15 is 0 Å². The van der Waals surface area contributed by atoms with Gasteiger partial charge in [0, 0.05) is 25.2 Å². The van der Waals surface area contributed by atoms with Crippen molar-refractivity contribution < 1.29 is 14.0 Å². The molecule has 0 atom stereocenters. The average molecular weight is 489 g/mol. The van der Waals surface area contributed by atoms with Crippen molar-refractivity contribution in [3.8, 4) is 0 Å². The van der Waals surface area contributed by atoms with Gasteiger partial charge in [0.25, 0.3) is 5.56 Å². The lowest BCUT2D eigenvalue weighted by Gasteiger charge is -2.19. The van der Waals surface area contributed by atoms with Gasteiger partial charge in [-0.05, 0) is 24.3 Å². The molecule has 1 aromatic carbocycles. The van der Waals surface area contributed by atoms with E-state index in [1.54, 1.807) is 0 Å². The van der Waals surface area contributed by atoms with Crippen molar-refractivity contribution in [2.75, 3.05) is 17.6 Å². The lowest BCUT2D eigenvalue weighted by Crippen LogP contribution is -2.38. The van der Waals surface area contributed by atoms with Crippen molar-refractivity contribution in [2.45, 2.75) is 31.2 Å². The number of anilines is 1. The topological polar surface area (TPSA) is 128 Å². The molecule has 34 heavy (non-hydrogen) atoms. The van der Waals surface area contributed by atoms with Gasteiger partial charge in [-0.2, -0.15) is 0 Å². The Balaban J connectivity index is 1.78. The fraction of sp³-hybridized carbons (Fsp3) is 0.364. The van der Waals surface area contributed by atoms with Gasteiger partial charge in [-0.3, -0.25) is 23.5 Å². The van der Waals surface area contributed by atoms with Crippen LogP contribution in [0.5, 0.6) is 0 Å². The van der Waals surface area contributed by atoms with Gasteiger partial charge in [-0.15, -0.1) is 0 Å². The predicted octanol–water partition coefficient (Wildman–Crippen LogP) is 1.31. The van der Waals surface area contributed by atoms with Crippen LogP contribution in [0.25, 0.3) is 11.0 Å². The van der Waals surface area contributed by atoms with Crippen molar-refractivity contribution in [1.29, 1.82) is 0 Å². The molecule has 0 bridgehead atoms. The van der Waals surface area contributed by atoms with Gasteiger partial charge < -0.3 is 10.6 Å². The summed E-state index contributed by atoms with van der Waals surface area (Å²) in [4.78, 5) is 58.6. The van der Waals surface area contributed by atoms with Crippen LogP contribution in [0.4, 0.5) is 10.1 Å². The third kappa shape index (κ3) is 5.50. The Morgan fingerprint density at radius 2 is 1.68 bits per heavy atom. The van der Waals surface area contributed by atoms with Crippen LogP contribution >= 0.6 is 11.8 Å². The Bertz CT molecular complexity index is 1380. The maximum Gasteiger partial charge on any atom is 0.332 e. The van der Waals surface area contributed by atoms with E-state index in [0.717, 1.165) is 16.3 Å². The second-order valence-electron chi connectivity index (χ2n) is 8.63. The van der Waals surface area contributed by atoms with Crippen molar-refractivity contribution in [1.82, 2.24) is 24.4 Å². The van der Waals surface area contributed by atoms with E-state index in [1.807, 2.05) is 20.8 Å². The number of amides is 2. The Morgan fingerprint density at radius 3 is 2.29 bits per heavy atom. The van der Waals surface area contributed by atoms with Crippen LogP contribution in [0.1, 0.15) is 26.6 Å². The normalized spacial score (nSPS) is 11.5. The first-order valence-corrected chi connectivity index (χ1v) is 11.3. The second-order valence-corrected chi connectivity index (χ2v) is 9.59. The maximum atomic E-state index is 13.0. The number of aryl methyl sites for hydroxylation is 1. The van der Waals surface area contributed by atoms with Crippen molar-refractivity contribution in [3.05, 3.63) is 56.7 Å². The highest BCUT2D eigenvalue weighted by molar-refractivity contribution is 8.00. The molecule has 0 aliphatic heterocycles. The highest BCUT2D eigenvalue weighted by Gasteiger charge is 2.24. The maximum absolute atomic E-state index is 13.0. The van der Waals surface area contributed by atoms with Gasteiger partial charge in [0.05, 0.1) is 12.3 Å². The van der Waals surface area contributed by atoms with Crippen LogP contribution < -0.4 is 21.9 Å². The molecular formula is C22H25FN6O4S. The molecule has 0 fully saturated rings. The number of thioether (sulfide) groups is 1. The van der Waals surface area contributed by atoms with Crippen molar-refractivity contribution in [2.24, 2.45) is 14.1 Å². The van der Waals surface area contributed by atoms with E-state index < -0.39 is 34.3 Å². The van der Waals surface area contributed by atoms with Crippen molar-refractivity contribution >= 4 is 40.3 Å². The van der Waals surface area contributed by atoms with E-state index in [1.165, 1.54) is 42.9 Å². The largest absolute Gasteiger partial charge is 0.346 e. The van der Waals surface area contributed by atoms with E-state index in [9.17, 15) is 23.6 Å². The number of aromatic nitrogens is 4. The lowest BCUT2D eigenvalue weighted by molar-refractivity contribution is -0.122. The molecule has 0 aliphatic rings. The van der Waals surface area contributed by atoms with Crippen molar-refractivity contribution in [3.63, 3.8) is 0 Å². The number of hydrogen-bond acceptors (Lipinski definition) is 7. The summed E-state index contributed by atoms with van der Waals surface area (Å²) in [6, 6.07) is 5.24. The number of fused-ring (bicyclic) bond motifs is 1. The summed E-state index contributed by atoms with van der Waals surface area (Å²) in [5.41, 5.74) is -0.952. The molecule has 0 spiro atoms. The molecule has 3 rings (SSSR count). The summed E-state index contributed by atoms with van der Waals surface area (Å²) in [7, 11) is 2.88. The van der Waals surface area contributed by atoms with Crippen LogP contribution in [0.15, 0.2) is 38.9 Å². The highest BCUT2D eigenvalue weighted by atomic mass is 32.2. The van der Waals surface area contributed by atoms with Crippen LogP contribution in [-0.4, -0.2) is 43.2 Å². The molecule has 0 saturated carbocycles. The monoisotopic (exact) mass is 488 g/mol. The molecule has 0 saturated heterocycles. The quantitative estimate of drug-likeness (QED) is 0.396. The molecule has 2 heterocycles. The number of nitrogens with one attached hydrogen (secondary N) is 2. The SMILES string of the molecule is Cn1c(=O)c2c(SCC(=O)NCC(=O)Nc3ccc(F)cc3)nc(C(C)(C)C)nc2n(C)c1=O. The molecule has 12 heteroatoms. The summed E-state index contributed by atoms with van der Waals surface area (Å²) < 4.78 is 15.2. The van der Waals surface area contributed by atoms with Crippen LogP contribution in [0.2, 0.25) is 0 Å². The molecule has 0 aliphatic carbocycles. The first-order chi connectivity index (χ1) is 15.9. The van der Waals surface area contributed by atoms with Crippen LogP contribution in [-0.2, 0) is 29.1 Å². The third-order valence-electron chi connectivity index (χ3n) is 4.85. The number of benzene rings is 1. The summed E-state index contributed by atoms with van der Waals surface area (Å²) >= 11 is 1.02. The second kappa shape index (κ2) is 9.75. The number of rotatable bonds is 6. The van der Waals surface area contributed by atoms with Gasteiger partial charge >= 0.3 is 5.69 Å². The Kier molecular flexibility index (Phi) is 7.20. The average Bonchev–Trinajstić information content (AvgIpc) is 2.78. The Labute approximate surface area is 198 Å². The van der Waals surface area contributed by atoms with E-state index in [0.29, 0.717) is 11.5 Å². The smallest absolute Gasteiger partial charge is 0.332 e. The summed E-state index contributed by atoms with van der Waals surface area (Å²) in [6.45, 7) is 5.40. The van der Waals surface area contributed by atoms with Gasteiger partial charge in [0.2, 0.25) is 11.8 Å². The molecule has 0 radical (unpaired) electrons. The number of carbonyl (C=O) groups excluding carboxylic acids is 2. The zero-order chi connectivity index (χ0) is 25.2. The van der Waals surface area contributed by atoms with Gasteiger partial charge in [0.1, 0.15) is 22.1 Å². The molecule has 2 amide bonds. The van der Waals surface area contributed by atoms with Gasteiger partial charge in [0.15, 0.2) is 5.65 Å². The summed E-state index contributed by atoms with van der Waals surface area (Å²) in [5.74, 6) is -1.05. The summed E-state index contributed by atoms with van der Waals surface area (Å²) in [6.07, 6.45) is 0. The number of halogens is 1. The minimum Gasteiger partial charge on any atom is -0.346 e. The number of nitrogens with zero attached hydrogens (tertiary/aromatic N) is 4. The minimum absolute atomic E-state index is 0.120. The van der Waals surface area contributed by atoms with Gasteiger partial charge in [-0.25, -0.2) is 19.2 Å². The zero-order valence-corrected chi connectivity index (χ0v) is 20.2. The van der Waals surface area contributed by atoms with E-state index in [-0.39, 0.29) is 28.4 Å². The number of carbonyl (C=O) groups is 2. The first-order valence-electron chi connectivity index (χ1n) is 10.3. The molecule has 10 nitrogen and oxygen atoms in total. The fourth-order valence-corrected chi connectivity index (χ4v) is 3.81. The molecule has 3 aromatic rings. The minimum atomic E-state index is -0.555. The fourth-order valence-electron chi connectivity index (χ4n) is 2.97. The van der Waals surface area contributed by atoms with Crippen LogP contribution in [0, 0.1) is 5.82 Å². The molecule has 2 N–H and O–H groups in total. The molecular weight excluding hydrogens is 463 g/mol. The summed E-state index contributed by atoms with van der Waals surface area (Å²) in [5, 5.41) is 5.46. The predicted molar refractivity (Wildman–Crippen MR) is 127 cm³/mol. The van der Waals surface area contributed by atoms with Gasteiger partial charge in [-0.1, -0.05) is 32.5 Å². The molecule has 2 aromatic heterocycles. The Morgan fingerprint density at radius 1 is 1.03 bits per heavy atom. The first kappa shape index (κ1) is 25.1. The third-order valence-corrected chi connectivity index (χ3v) is 5.83. The number of hydrogen-bond donors (Lipinski definition) is 2. The lowest BCUT2D eigenvalue weighted by atomic mass is 9.96. The molecule has 180 valence electrons. The molecule has 0 unspecified atom stereocenters.